The highest BCUT2D eigenvalue weighted by Crippen LogP contribution is 2.33. The smallest absolute Gasteiger partial charge is 0.0352 e. The molecule has 0 aliphatic carbocycles. The fourth-order valence-corrected chi connectivity index (χ4v) is 2.94. The summed E-state index contributed by atoms with van der Waals surface area (Å²) in [5.74, 6) is 0. The molecule has 19 heavy (non-hydrogen) atoms. The van der Waals surface area contributed by atoms with E-state index in [-0.39, 0.29) is 0 Å². The Labute approximate surface area is 111 Å². The molecule has 0 fully saturated rings. The van der Waals surface area contributed by atoms with Gasteiger partial charge in [0.15, 0.2) is 0 Å². The van der Waals surface area contributed by atoms with E-state index in [0.717, 1.165) is 0 Å². The van der Waals surface area contributed by atoms with Gasteiger partial charge in [0.25, 0.3) is 0 Å². The molecule has 0 radical (unpaired) electrons. The quantitative estimate of drug-likeness (QED) is 0.402. The van der Waals surface area contributed by atoms with Crippen LogP contribution in [-0.2, 0) is 0 Å². The van der Waals surface area contributed by atoms with Crippen LogP contribution in [0.5, 0.6) is 0 Å². The van der Waals surface area contributed by atoms with Crippen molar-refractivity contribution in [3.05, 3.63) is 66.5 Å². The lowest BCUT2D eigenvalue weighted by Crippen LogP contribution is -1.85. The van der Waals surface area contributed by atoms with E-state index in [1.54, 1.807) is 0 Å². The monoisotopic (exact) mass is 243 g/mol. The van der Waals surface area contributed by atoms with Gasteiger partial charge < -0.3 is 0 Å². The fraction of sp³-hybridized carbons (Fsp3) is 0.0556. The molecule has 0 saturated carbocycles. The Morgan fingerprint density at radius 3 is 2.63 bits per heavy atom. The summed E-state index contributed by atoms with van der Waals surface area (Å²) in [5.41, 5.74) is 1.32. The first-order valence-corrected chi connectivity index (χ1v) is 6.49. The van der Waals surface area contributed by atoms with Crippen molar-refractivity contribution in [2.24, 2.45) is 0 Å². The normalized spacial score (nSPS) is 11.4. The number of nitrogens with zero attached hydrogens (tertiary/aromatic N) is 1. The van der Waals surface area contributed by atoms with Crippen LogP contribution < -0.4 is 0 Å². The molecule has 0 atom stereocenters. The lowest BCUT2D eigenvalue weighted by Gasteiger charge is -2.10. The number of hydrogen-bond donors (Lipinski definition) is 0. The Morgan fingerprint density at radius 2 is 1.68 bits per heavy atom. The largest absolute Gasteiger partial charge is 0.264 e. The molecular formula is C18H13N. The van der Waals surface area contributed by atoms with Crippen LogP contribution in [0.2, 0.25) is 0 Å². The second-order valence-corrected chi connectivity index (χ2v) is 5.00. The molecule has 0 saturated heterocycles. The summed E-state index contributed by atoms with van der Waals surface area (Å²) in [6.45, 7) is 2.18. The third-order valence-corrected chi connectivity index (χ3v) is 3.85. The highest BCUT2D eigenvalue weighted by Gasteiger charge is 2.07. The zero-order chi connectivity index (χ0) is 12.8. The van der Waals surface area contributed by atoms with E-state index in [2.05, 4.69) is 60.4 Å². The highest BCUT2D eigenvalue weighted by molar-refractivity contribution is 6.20. The number of hydrogen-bond acceptors (Lipinski definition) is 1. The molecule has 4 rings (SSSR count). The first kappa shape index (κ1) is 10.5. The van der Waals surface area contributed by atoms with Gasteiger partial charge in [0.2, 0.25) is 0 Å². The van der Waals surface area contributed by atoms with E-state index in [4.69, 9.17) is 0 Å². The summed E-state index contributed by atoms with van der Waals surface area (Å²) in [4.78, 5) is 4.30. The van der Waals surface area contributed by atoms with E-state index in [1.165, 1.54) is 37.9 Å². The van der Waals surface area contributed by atoms with Crippen molar-refractivity contribution in [2.45, 2.75) is 6.92 Å². The van der Waals surface area contributed by atoms with Gasteiger partial charge in [-0.15, -0.1) is 0 Å². The number of aromatic nitrogens is 1. The second-order valence-electron chi connectivity index (χ2n) is 5.00. The predicted molar refractivity (Wildman–Crippen MR) is 81.5 cm³/mol. The number of pyridine rings is 1. The van der Waals surface area contributed by atoms with E-state index < -0.39 is 0 Å². The number of rotatable bonds is 0. The molecule has 1 nitrogen and oxygen atoms in total. The molecule has 0 amide bonds. The zero-order valence-corrected chi connectivity index (χ0v) is 10.7. The minimum atomic E-state index is 1.24. The maximum Gasteiger partial charge on any atom is 0.0352 e. The fourth-order valence-electron chi connectivity index (χ4n) is 2.94. The Balaban J connectivity index is 2.40. The van der Waals surface area contributed by atoms with Crippen molar-refractivity contribution in [3.63, 3.8) is 0 Å². The maximum atomic E-state index is 4.30. The van der Waals surface area contributed by atoms with Crippen molar-refractivity contribution in [1.82, 2.24) is 4.98 Å². The first-order valence-electron chi connectivity index (χ1n) is 6.49. The molecule has 0 spiro atoms. The standard InChI is InChI=1S/C18H13N/c1-12-10-14-8-9-19-11-17(14)18-15(12)7-6-13-4-2-3-5-16(13)18/h2-11H,1H3. The van der Waals surface area contributed by atoms with Gasteiger partial charge in [-0.2, -0.15) is 0 Å². The van der Waals surface area contributed by atoms with Crippen LogP contribution in [0, 0.1) is 6.92 Å². The number of aryl methyl sites for hydroxylation is 1. The van der Waals surface area contributed by atoms with E-state index in [9.17, 15) is 0 Å². The Morgan fingerprint density at radius 1 is 0.789 bits per heavy atom. The van der Waals surface area contributed by atoms with Crippen LogP contribution in [0.3, 0.4) is 0 Å². The topological polar surface area (TPSA) is 12.9 Å². The highest BCUT2D eigenvalue weighted by atomic mass is 14.6. The second kappa shape index (κ2) is 3.79. The van der Waals surface area contributed by atoms with Crippen LogP contribution in [0.15, 0.2) is 60.9 Å². The van der Waals surface area contributed by atoms with Crippen LogP contribution in [-0.4, -0.2) is 4.98 Å². The molecule has 0 aliphatic heterocycles. The molecule has 4 aromatic rings. The van der Waals surface area contributed by atoms with Crippen molar-refractivity contribution in [1.29, 1.82) is 0 Å². The molecule has 0 bridgehead atoms. The Hall–Kier alpha value is -2.41. The lowest BCUT2D eigenvalue weighted by molar-refractivity contribution is 1.37. The van der Waals surface area contributed by atoms with Crippen molar-refractivity contribution >= 4 is 32.3 Å². The number of benzene rings is 3. The average molecular weight is 243 g/mol. The minimum Gasteiger partial charge on any atom is -0.264 e. The van der Waals surface area contributed by atoms with Crippen molar-refractivity contribution in [3.8, 4) is 0 Å². The summed E-state index contributed by atoms with van der Waals surface area (Å²) in [6, 6.07) is 17.3. The molecule has 90 valence electrons. The summed E-state index contributed by atoms with van der Waals surface area (Å²) in [5, 5.41) is 7.73. The van der Waals surface area contributed by atoms with Gasteiger partial charge in [0.05, 0.1) is 0 Å². The average Bonchev–Trinajstić information content (AvgIpc) is 2.47. The van der Waals surface area contributed by atoms with E-state index in [0.29, 0.717) is 0 Å². The maximum absolute atomic E-state index is 4.30. The predicted octanol–water partition coefficient (Wildman–Crippen LogP) is 4.85. The summed E-state index contributed by atoms with van der Waals surface area (Å²) >= 11 is 0. The molecule has 0 aliphatic rings. The first-order chi connectivity index (χ1) is 9.34. The third-order valence-electron chi connectivity index (χ3n) is 3.85. The lowest BCUT2D eigenvalue weighted by atomic mass is 9.94. The minimum absolute atomic E-state index is 1.24. The molecule has 1 aromatic heterocycles. The molecule has 1 heterocycles. The number of fused-ring (bicyclic) bond motifs is 5. The van der Waals surface area contributed by atoms with Gasteiger partial charge in [0, 0.05) is 17.8 Å². The molecule has 3 aromatic carbocycles. The third kappa shape index (κ3) is 1.45. The van der Waals surface area contributed by atoms with Gasteiger partial charge in [-0.3, -0.25) is 4.98 Å². The van der Waals surface area contributed by atoms with Gasteiger partial charge in [0.1, 0.15) is 0 Å². The van der Waals surface area contributed by atoms with Crippen LogP contribution in [0.25, 0.3) is 32.3 Å². The van der Waals surface area contributed by atoms with Crippen LogP contribution in [0.4, 0.5) is 0 Å². The van der Waals surface area contributed by atoms with E-state index in [1.807, 2.05) is 12.4 Å². The van der Waals surface area contributed by atoms with Gasteiger partial charge in [-0.05, 0) is 45.5 Å². The molecule has 1 heteroatoms. The summed E-state index contributed by atoms with van der Waals surface area (Å²) < 4.78 is 0. The van der Waals surface area contributed by atoms with E-state index >= 15 is 0 Å². The molecular weight excluding hydrogens is 230 g/mol. The van der Waals surface area contributed by atoms with Gasteiger partial charge in [-0.25, -0.2) is 0 Å². The van der Waals surface area contributed by atoms with Crippen molar-refractivity contribution in [2.75, 3.05) is 0 Å². The van der Waals surface area contributed by atoms with Crippen molar-refractivity contribution < 1.29 is 0 Å². The Kier molecular flexibility index (Phi) is 2.10. The van der Waals surface area contributed by atoms with Gasteiger partial charge >= 0.3 is 0 Å². The van der Waals surface area contributed by atoms with Crippen LogP contribution >= 0.6 is 0 Å². The van der Waals surface area contributed by atoms with Crippen LogP contribution in [0.1, 0.15) is 5.56 Å². The van der Waals surface area contributed by atoms with Gasteiger partial charge in [-0.1, -0.05) is 42.5 Å². The summed E-state index contributed by atoms with van der Waals surface area (Å²) in [7, 11) is 0. The summed E-state index contributed by atoms with van der Waals surface area (Å²) in [6.07, 6.45) is 3.84. The zero-order valence-electron chi connectivity index (χ0n) is 10.7. The SMILES string of the molecule is Cc1cc2ccncc2c2c1ccc1ccccc12. The molecule has 0 unspecified atom stereocenters. The Bertz CT molecular complexity index is 907. The molecule has 0 N–H and O–H groups in total.